The van der Waals surface area contributed by atoms with E-state index in [1.807, 2.05) is 24.3 Å². The number of nitrogens with two attached hydrogens (primary N) is 1. The number of rotatable bonds is 5. The molecule has 0 amide bonds. The van der Waals surface area contributed by atoms with Gasteiger partial charge in [0.15, 0.2) is 5.16 Å². The van der Waals surface area contributed by atoms with Crippen molar-refractivity contribution in [3.05, 3.63) is 30.7 Å². The molecule has 8 nitrogen and oxygen atoms in total. The van der Waals surface area contributed by atoms with Crippen LogP contribution in [0.15, 0.2) is 44.7 Å². The molecule has 0 bridgehead atoms. The molecule has 0 aliphatic heterocycles. The van der Waals surface area contributed by atoms with Crippen LogP contribution in [0, 0.1) is 0 Å². The summed E-state index contributed by atoms with van der Waals surface area (Å²) in [6.07, 6.45) is 1.49. The summed E-state index contributed by atoms with van der Waals surface area (Å²) in [6, 6.07) is 7.76. The Kier molecular flexibility index (Phi) is 3.73. The first kappa shape index (κ1) is 13.4. The number of ether oxygens (including phenoxy) is 1. The van der Waals surface area contributed by atoms with Gasteiger partial charge >= 0.3 is 12.2 Å². The Morgan fingerprint density at radius 3 is 2.71 bits per heavy atom. The van der Waals surface area contributed by atoms with E-state index in [2.05, 4.69) is 20.1 Å². The minimum Gasteiger partial charge on any atom is -0.497 e. The predicted molar refractivity (Wildman–Crippen MR) is 73.3 cm³/mol. The fourth-order valence-corrected chi connectivity index (χ4v) is 2.47. The van der Waals surface area contributed by atoms with E-state index in [4.69, 9.17) is 15.0 Å². The van der Waals surface area contributed by atoms with Crippen LogP contribution in [0.25, 0.3) is 11.5 Å². The van der Waals surface area contributed by atoms with Crippen molar-refractivity contribution in [2.75, 3.05) is 12.8 Å². The molecule has 9 heteroatoms. The number of benzene rings is 1. The van der Waals surface area contributed by atoms with Gasteiger partial charge in [-0.15, -0.1) is 0 Å². The summed E-state index contributed by atoms with van der Waals surface area (Å²) in [5, 5.41) is 11.1. The lowest BCUT2D eigenvalue weighted by Crippen LogP contribution is -2.32. The average molecular weight is 306 g/mol. The molecule has 2 aromatic heterocycles. The summed E-state index contributed by atoms with van der Waals surface area (Å²) in [4.78, 5) is 1.08. The summed E-state index contributed by atoms with van der Waals surface area (Å²) < 4.78 is 16.4. The van der Waals surface area contributed by atoms with Gasteiger partial charge < -0.3 is 10.5 Å². The highest BCUT2D eigenvalue weighted by atomic mass is 32.2. The summed E-state index contributed by atoms with van der Waals surface area (Å²) >= 11 is 1.60. The van der Waals surface area contributed by atoms with Crippen molar-refractivity contribution in [1.29, 1.82) is 0 Å². The molecule has 0 saturated carbocycles. The third-order valence-corrected chi connectivity index (χ3v) is 3.75. The topological polar surface area (TPSA) is 104 Å². The Bertz CT molecular complexity index is 725. The van der Waals surface area contributed by atoms with Crippen LogP contribution in [-0.4, -0.2) is 22.6 Å². The van der Waals surface area contributed by atoms with E-state index in [0.717, 1.165) is 10.6 Å². The highest BCUT2D eigenvalue weighted by Gasteiger charge is 2.26. The highest BCUT2D eigenvalue weighted by molar-refractivity contribution is 7.98. The maximum Gasteiger partial charge on any atom is 0.406 e. The Balaban J connectivity index is 1.74. The van der Waals surface area contributed by atoms with Crippen LogP contribution in [0.3, 0.4) is 0 Å². The van der Waals surface area contributed by atoms with Crippen molar-refractivity contribution in [2.45, 2.75) is 10.8 Å². The zero-order chi connectivity index (χ0) is 14.7. The van der Waals surface area contributed by atoms with Crippen molar-refractivity contribution in [1.82, 2.24) is 15.5 Å². The lowest BCUT2D eigenvalue weighted by molar-refractivity contribution is -0.669. The number of hydrogen-bond donors (Lipinski definition) is 1. The van der Waals surface area contributed by atoms with Crippen molar-refractivity contribution in [3.63, 3.8) is 0 Å². The fraction of sp³-hybridized carbons (Fsp3) is 0.167. The molecular formula is C12H12N5O3S+. The highest BCUT2D eigenvalue weighted by Crippen LogP contribution is 2.22. The van der Waals surface area contributed by atoms with E-state index >= 15 is 0 Å². The maximum atomic E-state index is 5.66. The van der Waals surface area contributed by atoms with Crippen LogP contribution in [-0.2, 0) is 5.88 Å². The van der Waals surface area contributed by atoms with Gasteiger partial charge in [-0.25, -0.2) is 9.15 Å². The van der Waals surface area contributed by atoms with Gasteiger partial charge in [-0.1, -0.05) is 11.8 Å². The minimum absolute atomic E-state index is 0.173. The largest absolute Gasteiger partial charge is 0.497 e. The lowest BCUT2D eigenvalue weighted by atomic mass is 10.3. The number of hydrogen-bond acceptors (Lipinski definition) is 8. The predicted octanol–water partition coefficient (Wildman–Crippen LogP) is 1.35. The normalized spacial score (nSPS) is 10.7. The number of aromatic nitrogens is 4. The van der Waals surface area contributed by atoms with E-state index in [1.165, 1.54) is 6.39 Å². The molecule has 0 aliphatic rings. The summed E-state index contributed by atoms with van der Waals surface area (Å²) in [5.41, 5.74) is 6.02. The molecule has 0 atom stereocenters. The number of thioether (sulfide) groups is 1. The number of anilines is 1. The number of methoxy groups -OCH3 is 1. The van der Waals surface area contributed by atoms with Crippen molar-refractivity contribution in [3.8, 4) is 17.3 Å². The molecule has 0 aliphatic carbocycles. The molecular weight excluding hydrogens is 294 g/mol. The Morgan fingerprint density at radius 2 is 2.05 bits per heavy atom. The first-order valence-electron chi connectivity index (χ1n) is 5.97. The molecule has 21 heavy (non-hydrogen) atoms. The van der Waals surface area contributed by atoms with Crippen LogP contribution in [0.5, 0.6) is 5.75 Å². The number of nitrogen functional groups attached to an aromatic ring is 1. The molecule has 0 radical (unpaired) electrons. The zero-order valence-electron chi connectivity index (χ0n) is 11.1. The van der Waals surface area contributed by atoms with E-state index in [0.29, 0.717) is 17.4 Å². The molecule has 0 saturated heterocycles. The molecule has 0 spiro atoms. The Morgan fingerprint density at radius 1 is 1.24 bits per heavy atom. The molecule has 0 unspecified atom stereocenters. The smallest absolute Gasteiger partial charge is 0.406 e. The summed E-state index contributed by atoms with van der Waals surface area (Å²) in [5.74, 6) is 2.04. The van der Waals surface area contributed by atoms with Crippen LogP contribution in [0.2, 0.25) is 0 Å². The van der Waals surface area contributed by atoms with Gasteiger partial charge in [0.2, 0.25) is 11.5 Å². The van der Waals surface area contributed by atoms with Crippen LogP contribution < -0.4 is 15.0 Å². The molecule has 0 fully saturated rings. The quantitative estimate of drug-likeness (QED) is 0.556. The molecule has 1 aromatic carbocycles. The van der Waals surface area contributed by atoms with Crippen LogP contribution in [0.4, 0.5) is 5.82 Å². The van der Waals surface area contributed by atoms with E-state index in [1.54, 1.807) is 23.4 Å². The third-order valence-electron chi connectivity index (χ3n) is 2.74. The second-order valence-corrected chi connectivity index (χ2v) is 5.06. The SMILES string of the molecule is COc1ccc(SC[n+]2conc2-c2nonc2N)cc1. The van der Waals surface area contributed by atoms with E-state index < -0.39 is 0 Å². The monoisotopic (exact) mass is 306 g/mol. The fourth-order valence-electron chi connectivity index (χ4n) is 1.67. The Hall–Kier alpha value is -2.55. The average Bonchev–Trinajstić information content (AvgIpc) is 3.13. The van der Waals surface area contributed by atoms with Gasteiger partial charge in [0, 0.05) is 4.90 Å². The van der Waals surface area contributed by atoms with E-state index in [9.17, 15) is 0 Å². The maximum absolute atomic E-state index is 5.66. The van der Waals surface area contributed by atoms with Crippen molar-refractivity contribution < 1.29 is 18.5 Å². The summed E-state index contributed by atoms with van der Waals surface area (Å²) in [6.45, 7) is 0. The van der Waals surface area contributed by atoms with Gasteiger partial charge in [0.25, 0.3) is 0 Å². The lowest BCUT2D eigenvalue weighted by Gasteiger charge is -2.01. The molecule has 2 heterocycles. The van der Waals surface area contributed by atoms with Crippen LogP contribution >= 0.6 is 11.8 Å². The van der Waals surface area contributed by atoms with Gasteiger partial charge in [-0.2, -0.15) is 4.57 Å². The van der Waals surface area contributed by atoms with Gasteiger partial charge in [0.05, 0.1) is 7.11 Å². The van der Waals surface area contributed by atoms with E-state index in [-0.39, 0.29) is 5.82 Å². The Labute approximate surface area is 123 Å². The molecule has 3 aromatic rings. The first-order valence-corrected chi connectivity index (χ1v) is 6.95. The standard InChI is InChI=1S/C12H12N5O3S/c1-18-8-2-4-9(5-3-8)21-7-17-6-19-16-12(17)10-11(13)15-20-14-10/h2-6H,7H2,1H3,(H2,13,15)/q+1. The first-order chi connectivity index (χ1) is 10.3. The second kappa shape index (κ2) is 5.83. The summed E-state index contributed by atoms with van der Waals surface area (Å²) in [7, 11) is 1.64. The molecule has 108 valence electrons. The van der Waals surface area contributed by atoms with Gasteiger partial charge in [-0.3, -0.25) is 0 Å². The second-order valence-electron chi connectivity index (χ2n) is 4.04. The zero-order valence-corrected chi connectivity index (χ0v) is 11.9. The van der Waals surface area contributed by atoms with Crippen LogP contribution in [0.1, 0.15) is 0 Å². The van der Waals surface area contributed by atoms with Gasteiger partial charge in [-0.05, 0) is 34.6 Å². The number of nitrogens with zero attached hydrogens (tertiary/aromatic N) is 4. The minimum atomic E-state index is 0.173. The third kappa shape index (κ3) is 2.82. The van der Waals surface area contributed by atoms with Crippen molar-refractivity contribution >= 4 is 17.6 Å². The molecule has 3 rings (SSSR count). The van der Waals surface area contributed by atoms with Crippen molar-refractivity contribution in [2.24, 2.45) is 0 Å². The molecule has 2 N–H and O–H groups in total. The van der Waals surface area contributed by atoms with Gasteiger partial charge in [0.1, 0.15) is 11.6 Å².